The molecular weight excluding hydrogens is 290 g/mol. The highest BCUT2D eigenvalue weighted by Gasteiger charge is 2.05. The topological polar surface area (TPSA) is 38.7 Å². The summed E-state index contributed by atoms with van der Waals surface area (Å²) in [5, 5.41) is 2.97. The minimum Gasteiger partial charge on any atom is -0.235 e. The lowest BCUT2D eigenvalue weighted by Crippen LogP contribution is -1.93. The second kappa shape index (κ2) is 6.50. The Bertz CT molecular complexity index is 839. The van der Waals surface area contributed by atoms with Gasteiger partial charge in [0.1, 0.15) is 5.69 Å². The van der Waals surface area contributed by atoms with Crippen LogP contribution in [-0.2, 0) is 6.42 Å². The molecule has 3 rings (SSSR count). The SMILES string of the molecule is CCc1ccccc1-c1ncc(C#Cc2csc(C)n2)cn1. The smallest absolute Gasteiger partial charge is 0.159 e. The highest BCUT2D eigenvalue weighted by atomic mass is 32.1. The normalized spacial score (nSPS) is 10.1. The van der Waals surface area contributed by atoms with Gasteiger partial charge in [-0.05, 0) is 24.8 Å². The minimum atomic E-state index is 0.743. The van der Waals surface area contributed by atoms with Crippen molar-refractivity contribution in [2.24, 2.45) is 0 Å². The van der Waals surface area contributed by atoms with Crippen molar-refractivity contribution in [3.05, 3.63) is 63.9 Å². The summed E-state index contributed by atoms with van der Waals surface area (Å²) in [5.41, 5.74) is 3.92. The van der Waals surface area contributed by atoms with Crippen LogP contribution < -0.4 is 0 Å². The summed E-state index contributed by atoms with van der Waals surface area (Å²) in [6.45, 7) is 4.10. The summed E-state index contributed by atoms with van der Waals surface area (Å²) in [6.07, 6.45) is 4.49. The van der Waals surface area contributed by atoms with E-state index in [4.69, 9.17) is 0 Å². The molecular formula is C18H15N3S. The van der Waals surface area contributed by atoms with Crippen LogP contribution in [0.1, 0.15) is 28.8 Å². The molecule has 0 saturated carbocycles. The molecule has 3 nitrogen and oxygen atoms in total. The molecule has 0 atom stereocenters. The van der Waals surface area contributed by atoms with Crippen LogP contribution in [0.4, 0.5) is 0 Å². The molecule has 0 saturated heterocycles. The maximum Gasteiger partial charge on any atom is 0.159 e. The third-order valence-corrected chi connectivity index (χ3v) is 4.02. The van der Waals surface area contributed by atoms with Crippen LogP contribution in [0.5, 0.6) is 0 Å². The zero-order valence-electron chi connectivity index (χ0n) is 12.5. The quantitative estimate of drug-likeness (QED) is 0.675. The van der Waals surface area contributed by atoms with Crippen LogP contribution in [-0.4, -0.2) is 15.0 Å². The number of aromatic nitrogens is 3. The fourth-order valence-electron chi connectivity index (χ4n) is 2.14. The van der Waals surface area contributed by atoms with Crippen molar-refractivity contribution in [1.82, 2.24) is 15.0 Å². The number of nitrogens with zero attached hydrogens (tertiary/aromatic N) is 3. The first-order chi connectivity index (χ1) is 10.8. The van der Waals surface area contributed by atoms with E-state index in [1.807, 2.05) is 24.4 Å². The van der Waals surface area contributed by atoms with Gasteiger partial charge in [0.25, 0.3) is 0 Å². The molecule has 22 heavy (non-hydrogen) atoms. The van der Waals surface area contributed by atoms with Crippen molar-refractivity contribution < 1.29 is 0 Å². The summed E-state index contributed by atoms with van der Waals surface area (Å²) in [7, 11) is 0. The van der Waals surface area contributed by atoms with Crippen LogP contribution in [0.25, 0.3) is 11.4 Å². The molecule has 0 aliphatic heterocycles. The van der Waals surface area contributed by atoms with Gasteiger partial charge in [0.15, 0.2) is 5.82 Å². The Kier molecular flexibility index (Phi) is 4.27. The van der Waals surface area contributed by atoms with Crippen LogP contribution in [0.15, 0.2) is 42.0 Å². The third-order valence-electron chi connectivity index (χ3n) is 3.24. The molecule has 0 spiro atoms. The maximum atomic E-state index is 4.44. The van der Waals surface area contributed by atoms with Gasteiger partial charge in [0, 0.05) is 23.3 Å². The zero-order chi connectivity index (χ0) is 15.4. The van der Waals surface area contributed by atoms with E-state index in [1.54, 1.807) is 23.7 Å². The van der Waals surface area contributed by atoms with Crippen molar-refractivity contribution >= 4 is 11.3 Å². The number of benzene rings is 1. The largest absolute Gasteiger partial charge is 0.235 e. The predicted molar refractivity (Wildman–Crippen MR) is 89.7 cm³/mol. The Morgan fingerprint density at radius 2 is 1.86 bits per heavy atom. The Morgan fingerprint density at radius 1 is 1.09 bits per heavy atom. The van der Waals surface area contributed by atoms with E-state index >= 15 is 0 Å². The van der Waals surface area contributed by atoms with Crippen molar-refractivity contribution in [3.8, 4) is 23.2 Å². The van der Waals surface area contributed by atoms with Crippen molar-refractivity contribution in [2.45, 2.75) is 20.3 Å². The van der Waals surface area contributed by atoms with Gasteiger partial charge in [0.2, 0.25) is 0 Å². The molecule has 0 radical (unpaired) electrons. The van der Waals surface area contributed by atoms with Gasteiger partial charge < -0.3 is 0 Å². The van der Waals surface area contributed by atoms with E-state index in [9.17, 15) is 0 Å². The maximum absolute atomic E-state index is 4.44. The summed E-state index contributed by atoms with van der Waals surface area (Å²) in [6, 6.07) is 8.21. The Balaban J connectivity index is 1.86. The first-order valence-electron chi connectivity index (χ1n) is 7.10. The van der Waals surface area contributed by atoms with E-state index in [0.29, 0.717) is 0 Å². The Labute approximate surface area is 134 Å². The van der Waals surface area contributed by atoms with E-state index in [1.165, 1.54) is 5.56 Å². The molecule has 2 aromatic heterocycles. The molecule has 0 N–H and O–H groups in total. The molecule has 0 fully saturated rings. The van der Waals surface area contributed by atoms with E-state index in [0.717, 1.165) is 34.1 Å². The lowest BCUT2D eigenvalue weighted by atomic mass is 10.0. The molecule has 0 amide bonds. The van der Waals surface area contributed by atoms with E-state index < -0.39 is 0 Å². The predicted octanol–water partition coefficient (Wildman–Crippen LogP) is 3.87. The highest BCUT2D eigenvalue weighted by molar-refractivity contribution is 7.09. The lowest BCUT2D eigenvalue weighted by Gasteiger charge is -2.05. The first kappa shape index (κ1) is 14.4. The molecule has 108 valence electrons. The van der Waals surface area contributed by atoms with Gasteiger partial charge in [0.05, 0.1) is 10.6 Å². The Hall–Kier alpha value is -2.51. The summed E-state index contributed by atoms with van der Waals surface area (Å²) in [4.78, 5) is 13.2. The second-order valence-electron chi connectivity index (χ2n) is 4.81. The van der Waals surface area contributed by atoms with Gasteiger partial charge in [-0.25, -0.2) is 15.0 Å². The third kappa shape index (κ3) is 3.21. The average Bonchev–Trinajstić information content (AvgIpc) is 2.99. The first-order valence-corrected chi connectivity index (χ1v) is 7.98. The van der Waals surface area contributed by atoms with Crippen molar-refractivity contribution in [3.63, 3.8) is 0 Å². The van der Waals surface area contributed by atoms with Gasteiger partial charge in [-0.3, -0.25) is 0 Å². The lowest BCUT2D eigenvalue weighted by molar-refractivity contribution is 1.10. The molecule has 1 aromatic carbocycles. The fourth-order valence-corrected chi connectivity index (χ4v) is 2.68. The number of rotatable bonds is 2. The monoisotopic (exact) mass is 305 g/mol. The van der Waals surface area contributed by atoms with Crippen LogP contribution in [0.2, 0.25) is 0 Å². The molecule has 0 aliphatic rings. The number of hydrogen-bond donors (Lipinski definition) is 0. The Morgan fingerprint density at radius 3 is 2.55 bits per heavy atom. The van der Waals surface area contributed by atoms with Crippen LogP contribution in [0.3, 0.4) is 0 Å². The van der Waals surface area contributed by atoms with Gasteiger partial charge >= 0.3 is 0 Å². The van der Waals surface area contributed by atoms with Crippen molar-refractivity contribution in [2.75, 3.05) is 0 Å². The number of aryl methyl sites for hydroxylation is 2. The van der Waals surface area contributed by atoms with E-state index in [2.05, 4.69) is 45.8 Å². The highest BCUT2D eigenvalue weighted by Crippen LogP contribution is 2.20. The van der Waals surface area contributed by atoms with Gasteiger partial charge in [-0.1, -0.05) is 37.1 Å². The van der Waals surface area contributed by atoms with Crippen molar-refractivity contribution in [1.29, 1.82) is 0 Å². The average molecular weight is 305 g/mol. The van der Waals surface area contributed by atoms with Crippen LogP contribution >= 0.6 is 11.3 Å². The molecule has 3 aromatic rings. The minimum absolute atomic E-state index is 0.743. The molecule has 0 aliphatic carbocycles. The molecule has 0 bridgehead atoms. The zero-order valence-corrected chi connectivity index (χ0v) is 13.3. The van der Waals surface area contributed by atoms with Gasteiger partial charge in [-0.2, -0.15) is 0 Å². The van der Waals surface area contributed by atoms with Crippen LogP contribution in [0, 0.1) is 18.8 Å². The van der Waals surface area contributed by atoms with Gasteiger partial charge in [-0.15, -0.1) is 11.3 Å². The van der Waals surface area contributed by atoms with E-state index in [-0.39, 0.29) is 0 Å². The summed E-state index contributed by atoms with van der Waals surface area (Å²) in [5.74, 6) is 6.83. The number of hydrogen-bond acceptors (Lipinski definition) is 4. The fraction of sp³-hybridized carbons (Fsp3) is 0.167. The standard InChI is InChI=1S/C18H15N3S/c1-3-15-6-4-5-7-17(15)18-19-10-14(11-20-18)8-9-16-12-22-13(2)21-16/h4-7,10-12H,3H2,1-2H3. The summed E-state index contributed by atoms with van der Waals surface area (Å²) >= 11 is 1.60. The molecule has 0 unspecified atom stereocenters. The molecule has 2 heterocycles. The second-order valence-corrected chi connectivity index (χ2v) is 5.87. The number of thiazole rings is 1. The molecule has 4 heteroatoms. The summed E-state index contributed by atoms with van der Waals surface area (Å²) < 4.78 is 0.